The first-order valence-corrected chi connectivity index (χ1v) is 21.6. The van der Waals surface area contributed by atoms with Gasteiger partial charge in [0.25, 0.3) is 0 Å². The van der Waals surface area contributed by atoms with E-state index in [-0.39, 0.29) is 51.4 Å². The van der Waals surface area contributed by atoms with Gasteiger partial charge in [-0.2, -0.15) is 47.3 Å². The molecule has 8 aromatic rings. The van der Waals surface area contributed by atoms with Crippen molar-refractivity contribution in [3.8, 4) is 16.9 Å². The Morgan fingerprint density at radius 3 is 1.94 bits per heavy atom. The first kappa shape index (κ1) is 45.4. The topological polar surface area (TPSA) is 24.3 Å². The van der Waals surface area contributed by atoms with Crippen molar-refractivity contribution in [3.63, 3.8) is 0 Å². The van der Waals surface area contributed by atoms with Crippen molar-refractivity contribution in [1.82, 2.24) is 9.55 Å². The van der Waals surface area contributed by atoms with E-state index in [1.165, 1.54) is 44.5 Å². The van der Waals surface area contributed by atoms with Crippen LogP contribution >= 0.6 is 0 Å². The summed E-state index contributed by atoms with van der Waals surface area (Å²) in [6.07, 6.45) is 4.30. The molecule has 9 rings (SSSR count). The number of aromatic nitrogens is 2. The predicted octanol–water partition coefficient (Wildman–Crippen LogP) is 12.2. The van der Waals surface area contributed by atoms with Gasteiger partial charge in [0.05, 0.1) is 6.67 Å². The van der Waals surface area contributed by atoms with Gasteiger partial charge in [-0.1, -0.05) is 164 Å². The van der Waals surface area contributed by atoms with E-state index in [2.05, 4.69) is 241 Å². The Morgan fingerprint density at radius 1 is 0.571 bits per heavy atom. The summed E-state index contributed by atoms with van der Waals surface area (Å²) in [6, 6.07) is 60.8. The summed E-state index contributed by atoms with van der Waals surface area (Å²) < 4.78 is 2.29. The third kappa shape index (κ3) is 8.96. The average molecular weight is 1010 g/mol. The van der Waals surface area contributed by atoms with Crippen molar-refractivity contribution in [3.05, 3.63) is 194 Å². The molecule has 1 aliphatic heterocycles. The molecule has 2 aromatic heterocycles. The molecule has 0 aliphatic carbocycles. The summed E-state index contributed by atoms with van der Waals surface area (Å²) in [6.45, 7) is 21.2. The Hall–Kier alpha value is -5.64. The summed E-state index contributed by atoms with van der Waals surface area (Å²) in [7, 11) is 0. The molecule has 6 aromatic carbocycles. The number of para-hydroxylation sites is 1. The van der Waals surface area contributed by atoms with Crippen LogP contribution in [0.5, 0.6) is 0 Å². The Kier molecular flexibility index (Phi) is 12.6. The zero-order chi connectivity index (χ0) is 42.7. The van der Waals surface area contributed by atoms with Gasteiger partial charge in [-0.25, -0.2) is 4.98 Å². The Balaban J connectivity index is 0.00000298. The third-order valence-corrected chi connectivity index (χ3v) is 12.1. The van der Waals surface area contributed by atoms with Crippen molar-refractivity contribution >= 4 is 56.3 Å². The van der Waals surface area contributed by atoms with Crippen LogP contribution in [0.25, 0.3) is 38.8 Å². The number of fused-ring (bicyclic) bond motifs is 3. The fourth-order valence-corrected chi connectivity index (χ4v) is 8.75. The molecule has 0 saturated heterocycles. The first-order valence-electron chi connectivity index (χ1n) is 21.6. The molecule has 322 valence electrons. The summed E-state index contributed by atoms with van der Waals surface area (Å²) in [5.74, 6) is 0.904. The molecule has 0 N–H and O–H groups in total. The van der Waals surface area contributed by atoms with Gasteiger partial charge in [-0.05, 0) is 68.8 Å². The number of allylic oxidation sites excluding steroid dienone is 1. The van der Waals surface area contributed by atoms with Crippen LogP contribution in [0.2, 0.25) is 0 Å². The molecule has 0 bridgehead atoms. The van der Waals surface area contributed by atoms with Crippen molar-refractivity contribution in [2.75, 3.05) is 16.5 Å². The third-order valence-electron chi connectivity index (χ3n) is 12.1. The predicted molar refractivity (Wildman–Crippen MR) is 267 cm³/mol. The molecule has 0 saturated carbocycles. The minimum absolute atomic E-state index is 0. The van der Waals surface area contributed by atoms with Gasteiger partial charge in [-0.3, -0.25) is 0 Å². The maximum atomic E-state index is 4.96. The van der Waals surface area contributed by atoms with Gasteiger partial charge in [0.2, 0.25) is 0 Å². The second-order valence-corrected chi connectivity index (χ2v) is 19.7. The molecular formula is C57H58BN4Pt-3. The SMILES string of the molecule is CC(C)(C)C1=CN(c2cc(-c3ccccc3)cc(C(C)(C)C)c2)CN1c1[c-]c(B(c2[c-]c3c(cc2)c2ccccc2n3-c2cc(C(C)(C)C)ccn2)c2ccccc2)ccc1.[CH3-].[Pt]. The molecule has 0 spiro atoms. The molecule has 4 nitrogen and oxygen atoms in total. The zero-order valence-electron chi connectivity index (χ0n) is 38.4. The first-order chi connectivity index (χ1) is 29.1. The molecule has 0 atom stereocenters. The maximum absolute atomic E-state index is 4.96. The molecule has 3 heterocycles. The second kappa shape index (κ2) is 17.5. The number of benzene rings is 6. The largest absolute Gasteiger partial charge is 0.358 e. The van der Waals surface area contributed by atoms with Gasteiger partial charge in [-0.15, -0.1) is 11.5 Å². The van der Waals surface area contributed by atoms with Crippen molar-refractivity contribution < 1.29 is 21.1 Å². The Labute approximate surface area is 391 Å². The number of anilines is 2. The van der Waals surface area contributed by atoms with E-state index in [4.69, 9.17) is 4.98 Å². The van der Waals surface area contributed by atoms with Crippen LogP contribution in [0.4, 0.5) is 11.4 Å². The fourth-order valence-electron chi connectivity index (χ4n) is 8.75. The summed E-state index contributed by atoms with van der Waals surface area (Å²) >= 11 is 0. The number of rotatable bonds is 7. The van der Waals surface area contributed by atoms with E-state index in [0.717, 1.165) is 38.9 Å². The summed E-state index contributed by atoms with van der Waals surface area (Å²) in [4.78, 5) is 9.83. The summed E-state index contributed by atoms with van der Waals surface area (Å²) in [5, 5.41) is 2.35. The quantitative estimate of drug-likeness (QED) is 0.117. The molecule has 0 amide bonds. The van der Waals surface area contributed by atoms with Crippen LogP contribution in [-0.2, 0) is 31.9 Å². The molecule has 6 heteroatoms. The fraction of sp³-hybridized carbons (Fsp3) is 0.228. The van der Waals surface area contributed by atoms with E-state index in [9.17, 15) is 0 Å². The van der Waals surface area contributed by atoms with Crippen LogP contribution in [0.3, 0.4) is 0 Å². The van der Waals surface area contributed by atoms with Gasteiger partial charge in [0.1, 0.15) is 5.82 Å². The minimum atomic E-state index is -0.119. The molecule has 1 aliphatic rings. The number of nitrogens with zero attached hydrogens (tertiary/aromatic N) is 4. The number of hydrogen-bond donors (Lipinski definition) is 0. The van der Waals surface area contributed by atoms with Crippen LogP contribution < -0.4 is 26.2 Å². The smallest absolute Gasteiger partial charge is 0.191 e. The molecule has 63 heavy (non-hydrogen) atoms. The molecular weight excluding hydrogens is 947 g/mol. The van der Waals surface area contributed by atoms with E-state index < -0.39 is 0 Å². The van der Waals surface area contributed by atoms with E-state index in [0.29, 0.717) is 6.67 Å². The standard InChI is InChI=1S/C56H55BN4.CH3.Pt/c1-54(2,3)41-29-30-58-53(34-41)61-50-26-17-16-25-48(50)49-28-27-45(36-51(49)61)57(43-21-14-11-15-22-43)44-23-18-24-46(35-44)60-38-59(37-52(60)56(7,8)9)47-32-40(39-19-12-10-13-20-39)31-42(33-47)55(4,5)6;;/h10-34,37H,38H2,1-9H3;1H3;/q-2;-1;. The van der Waals surface area contributed by atoms with Gasteiger partial charge in [0, 0.05) is 55.8 Å². The average Bonchev–Trinajstić information content (AvgIpc) is 3.85. The monoisotopic (exact) mass is 1000 g/mol. The van der Waals surface area contributed by atoms with E-state index in [1.54, 1.807) is 0 Å². The van der Waals surface area contributed by atoms with E-state index >= 15 is 0 Å². The van der Waals surface area contributed by atoms with Crippen molar-refractivity contribution in [2.24, 2.45) is 5.41 Å². The maximum Gasteiger partial charge on any atom is 0.191 e. The summed E-state index contributed by atoms with van der Waals surface area (Å²) in [5.41, 5.74) is 13.9. The van der Waals surface area contributed by atoms with Crippen molar-refractivity contribution in [1.29, 1.82) is 0 Å². The van der Waals surface area contributed by atoms with Crippen LogP contribution in [0.15, 0.2) is 164 Å². The van der Waals surface area contributed by atoms with Gasteiger partial charge in [0.15, 0.2) is 6.71 Å². The van der Waals surface area contributed by atoms with Crippen LogP contribution in [0, 0.1) is 25.0 Å². The number of hydrogen-bond acceptors (Lipinski definition) is 3. The Bertz CT molecular complexity index is 2910. The molecule has 0 unspecified atom stereocenters. The minimum Gasteiger partial charge on any atom is -0.358 e. The molecule has 0 radical (unpaired) electrons. The Morgan fingerprint density at radius 2 is 1.24 bits per heavy atom. The van der Waals surface area contributed by atoms with Crippen LogP contribution in [0.1, 0.15) is 73.4 Å². The van der Waals surface area contributed by atoms with Gasteiger partial charge >= 0.3 is 0 Å². The van der Waals surface area contributed by atoms with Gasteiger partial charge < -0.3 is 21.8 Å². The second-order valence-electron chi connectivity index (χ2n) is 19.7. The van der Waals surface area contributed by atoms with Crippen LogP contribution in [-0.4, -0.2) is 22.9 Å². The normalized spacial score (nSPS) is 13.2. The molecule has 0 fully saturated rings. The van der Waals surface area contributed by atoms with E-state index in [1.807, 2.05) is 6.20 Å². The van der Waals surface area contributed by atoms with Crippen molar-refractivity contribution in [2.45, 2.75) is 73.1 Å². The number of pyridine rings is 1. The zero-order valence-corrected chi connectivity index (χ0v) is 40.7.